The quantitative estimate of drug-likeness (QED) is 0.612. The number of nitrogens with one attached hydrogen (secondary N) is 1. The van der Waals surface area contributed by atoms with E-state index in [0.29, 0.717) is 0 Å². The van der Waals surface area contributed by atoms with Crippen LogP contribution in [-0.4, -0.2) is 47.2 Å². The smallest absolute Gasteiger partial charge is 0.407 e. The molecule has 0 aromatic heterocycles. The van der Waals surface area contributed by atoms with Gasteiger partial charge >= 0.3 is 12.1 Å². The first-order chi connectivity index (χ1) is 16.5. The summed E-state index contributed by atoms with van der Waals surface area (Å²) in [5.74, 6) is -1.63. The number of alkyl carbamates (subject to hydrolysis) is 1. The first-order valence-electron chi connectivity index (χ1n) is 11.2. The Labute approximate surface area is 197 Å². The number of hydrogen-bond acceptors (Lipinski definition) is 4. The lowest BCUT2D eigenvalue weighted by atomic mass is 9.98. The molecule has 0 bridgehead atoms. The largest absolute Gasteiger partial charge is 0.480 e. The number of carbonyl (C=O) groups excluding carboxylic acids is 2. The van der Waals surface area contributed by atoms with Crippen molar-refractivity contribution >= 4 is 18.0 Å². The summed E-state index contributed by atoms with van der Waals surface area (Å²) in [7, 11) is 0. The van der Waals surface area contributed by atoms with E-state index in [2.05, 4.69) is 17.4 Å². The Kier molecular flexibility index (Phi) is 5.76. The molecule has 0 spiro atoms. The van der Waals surface area contributed by atoms with E-state index in [4.69, 9.17) is 4.74 Å². The van der Waals surface area contributed by atoms with E-state index in [1.54, 1.807) is 0 Å². The van der Waals surface area contributed by atoms with Gasteiger partial charge in [-0.2, -0.15) is 0 Å². The van der Waals surface area contributed by atoms with Crippen LogP contribution in [0.2, 0.25) is 0 Å². The van der Waals surface area contributed by atoms with Crippen molar-refractivity contribution in [1.82, 2.24) is 10.2 Å². The van der Waals surface area contributed by atoms with Crippen molar-refractivity contribution < 1.29 is 24.2 Å². The van der Waals surface area contributed by atoms with E-state index >= 15 is 0 Å². The summed E-state index contributed by atoms with van der Waals surface area (Å²) in [6, 6.07) is 22.7. The summed E-state index contributed by atoms with van der Waals surface area (Å²) >= 11 is 0. The molecule has 1 heterocycles. The Morgan fingerprint density at radius 1 is 0.912 bits per heavy atom. The number of amides is 2. The number of carbonyl (C=O) groups is 3. The Hall–Kier alpha value is -4.13. The van der Waals surface area contributed by atoms with Crippen molar-refractivity contribution in [3.8, 4) is 11.1 Å². The summed E-state index contributed by atoms with van der Waals surface area (Å²) < 4.78 is 5.60. The van der Waals surface area contributed by atoms with Crippen molar-refractivity contribution in [2.24, 2.45) is 0 Å². The first kappa shape index (κ1) is 21.7. The molecular formula is C27H24N2O5. The minimum Gasteiger partial charge on any atom is -0.480 e. The van der Waals surface area contributed by atoms with Crippen LogP contribution in [-0.2, 0) is 27.3 Å². The molecule has 34 heavy (non-hydrogen) atoms. The van der Waals surface area contributed by atoms with Crippen LogP contribution in [0.4, 0.5) is 4.79 Å². The van der Waals surface area contributed by atoms with Gasteiger partial charge < -0.3 is 20.1 Å². The molecule has 0 radical (unpaired) electrons. The average molecular weight is 456 g/mol. The normalized spacial score (nSPS) is 16.8. The van der Waals surface area contributed by atoms with Gasteiger partial charge in [0, 0.05) is 18.9 Å². The van der Waals surface area contributed by atoms with E-state index in [0.717, 1.165) is 33.4 Å². The summed E-state index contributed by atoms with van der Waals surface area (Å²) in [5.41, 5.74) is 6.23. The maximum atomic E-state index is 13.1. The van der Waals surface area contributed by atoms with Crippen molar-refractivity contribution in [3.63, 3.8) is 0 Å². The summed E-state index contributed by atoms with van der Waals surface area (Å²) in [5, 5.41) is 11.9. The zero-order valence-corrected chi connectivity index (χ0v) is 18.4. The minimum absolute atomic E-state index is 0.0905. The van der Waals surface area contributed by atoms with Crippen LogP contribution in [0.1, 0.15) is 28.2 Å². The predicted octanol–water partition coefficient (Wildman–Crippen LogP) is 3.56. The van der Waals surface area contributed by atoms with E-state index < -0.39 is 30.6 Å². The molecule has 1 aliphatic carbocycles. The van der Waals surface area contributed by atoms with Crippen LogP contribution in [0.5, 0.6) is 0 Å². The number of rotatable bonds is 5. The Morgan fingerprint density at radius 2 is 1.50 bits per heavy atom. The molecule has 172 valence electrons. The summed E-state index contributed by atoms with van der Waals surface area (Å²) in [6.45, 7) is -0.115. The fourth-order valence-corrected chi connectivity index (χ4v) is 4.91. The molecule has 1 unspecified atom stereocenters. The SMILES string of the molecule is O=C(O)CN1Cc2ccccc2CC(NC(=O)OCC2c3ccccc3-c3ccccc32)C1=O. The van der Waals surface area contributed by atoms with Gasteiger partial charge in [0.1, 0.15) is 19.2 Å². The summed E-state index contributed by atoms with van der Waals surface area (Å²) in [4.78, 5) is 38.4. The van der Waals surface area contributed by atoms with Gasteiger partial charge in [0.15, 0.2) is 0 Å². The van der Waals surface area contributed by atoms with E-state index in [1.165, 1.54) is 4.90 Å². The molecule has 0 fully saturated rings. The lowest BCUT2D eigenvalue weighted by Gasteiger charge is -2.23. The molecule has 1 atom stereocenters. The molecule has 7 heteroatoms. The van der Waals surface area contributed by atoms with Crippen LogP contribution in [0.3, 0.4) is 0 Å². The van der Waals surface area contributed by atoms with Crippen LogP contribution in [0.15, 0.2) is 72.8 Å². The highest BCUT2D eigenvalue weighted by Gasteiger charge is 2.33. The third kappa shape index (κ3) is 4.12. The van der Waals surface area contributed by atoms with Crippen molar-refractivity contribution in [3.05, 3.63) is 95.1 Å². The lowest BCUT2D eigenvalue weighted by Crippen LogP contribution is -2.49. The molecule has 0 saturated heterocycles. The van der Waals surface area contributed by atoms with Gasteiger partial charge in [-0.15, -0.1) is 0 Å². The summed E-state index contributed by atoms with van der Waals surface area (Å²) in [6.07, 6.45) is -0.426. The van der Waals surface area contributed by atoms with Crippen molar-refractivity contribution in [2.45, 2.75) is 24.9 Å². The second-order valence-corrected chi connectivity index (χ2v) is 8.58. The lowest BCUT2D eigenvalue weighted by molar-refractivity contribution is -0.145. The van der Waals surface area contributed by atoms with E-state index in [1.807, 2.05) is 60.7 Å². The van der Waals surface area contributed by atoms with Gasteiger partial charge in [0.25, 0.3) is 0 Å². The highest BCUT2D eigenvalue weighted by molar-refractivity contribution is 5.89. The van der Waals surface area contributed by atoms with Crippen LogP contribution >= 0.6 is 0 Å². The topological polar surface area (TPSA) is 95.9 Å². The number of carboxylic acid groups (broad SMARTS) is 1. The molecule has 2 aliphatic rings. The fourth-order valence-electron chi connectivity index (χ4n) is 4.91. The number of nitrogens with zero attached hydrogens (tertiary/aromatic N) is 1. The molecule has 7 nitrogen and oxygen atoms in total. The average Bonchev–Trinajstić information content (AvgIpc) is 3.09. The highest BCUT2D eigenvalue weighted by atomic mass is 16.5. The van der Waals surface area contributed by atoms with Crippen LogP contribution in [0, 0.1) is 0 Å². The van der Waals surface area contributed by atoms with E-state index in [9.17, 15) is 19.5 Å². The van der Waals surface area contributed by atoms with Gasteiger partial charge in [-0.3, -0.25) is 9.59 Å². The zero-order valence-electron chi connectivity index (χ0n) is 18.4. The number of aliphatic carboxylic acids is 1. The fraction of sp³-hybridized carbons (Fsp3) is 0.222. The number of benzene rings is 3. The van der Waals surface area contributed by atoms with Gasteiger partial charge in [0.05, 0.1) is 0 Å². The van der Waals surface area contributed by atoms with Gasteiger partial charge in [-0.05, 0) is 33.4 Å². The first-order valence-corrected chi connectivity index (χ1v) is 11.2. The number of fused-ring (bicyclic) bond motifs is 4. The highest BCUT2D eigenvalue weighted by Crippen LogP contribution is 2.44. The number of carboxylic acids is 1. The molecule has 3 aromatic rings. The number of hydrogen-bond donors (Lipinski definition) is 2. The maximum Gasteiger partial charge on any atom is 0.407 e. The van der Waals surface area contributed by atoms with Crippen molar-refractivity contribution in [2.75, 3.05) is 13.2 Å². The van der Waals surface area contributed by atoms with Crippen LogP contribution in [0.25, 0.3) is 11.1 Å². The second kappa shape index (κ2) is 9.02. The molecule has 2 amide bonds. The standard InChI is InChI=1S/C27H24N2O5/c30-25(31)15-29-14-18-8-2-1-7-17(18)13-24(26(29)32)28-27(33)34-16-23-21-11-5-3-9-19(21)20-10-4-6-12-22(20)23/h1-12,23-24H,13-16H2,(H,28,33)(H,30,31). The third-order valence-corrected chi connectivity index (χ3v) is 6.48. The van der Waals surface area contributed by atoms with Crippen LogP contribution < -0.4 is 5.32 Å². The molecule has 0 saturated carbocycles. The zero-order chi connectivity index (χ0) is 23.7. The van der Waals surface area contributed by atoms with Gasteiger partial charge in [-0.1, -0.05) is 72.8 Å². The third-order valence-electron chi connectivity index (χ3n) is 6.48. The Bertz CT molecular complexity index is 1230. The Morgan fingerprint density at radius 3 is 2.15 bits per heavy atom. The maximum absolute atomic E-state index is 13.1. The molecule has 5 rings (SSSR count). The van der Waals surface area contributed by atoms with Crippen molar-refractivity contribution in [1.29, 1.82) is 0 Å². The second-order valence-electron chi connectivity index (χ2n) is 8.58. The van der Waals surface area contributed by atoms with E-state index in [-0.39, 0.29) is 25.5 Å². The molecule has 2 N–H and O–H groups in total. The predicted molar refractivity (Wildman–Crippen MR) is 125 cm³/mol. The van der Waals surface area contributed by atoms with Gasteiger partial charge in [0.2, 0.25) is 5.91 Å². The molecular weight excluding hydrogens is 432 g/mol. The minimum atomic E-state index is -1.10. The molecule has 3 aromatic carbocycles. The van der Waals surface area contributed by atoms with Gasteiger partial charge in [-0.25, -0.2) is 4.79 Å². The number of ether oxygens (including phenoxy) is 1. The monoisotopic (exact) mass is 456 g/mol. The molecule has 1 aliphatic heterocycles. The Balaban J connectivity index is 1.31.